The van der Waals surface area contributed by atoms with E-state index in [9.17, 15) is 0 Å². The second-order valence-electron chi connectivity index (χ2n) is 16.0. The van der Waals surface area contributed by atoms with Gasteiger partial charge in [0.2, 0.25) is 0 Å². The lowest BCUT2D eigenvalue weighted by atomic mass is 9.67. The van der Waals surface area contributed by atoms with Gasteiger partial charge in [0.05, 0.1) is 16.8 Å². The lowest BCUT2D eigenvalue weighted by molar-refractivity contribution is 0.670. The highest BCUT2D eigenvalue weighted by Gasteiger charge is 2.46. The molecule has 2 aromatic heterocycles. The van der Waals surface area contributed by atoms with Gasteiger partial charge in [0, 0.05) is 33.0 Å². The average molecular weight is 791 g/mol. The molecule has 0 N–H and O–H groups in total. The summed E-state index contributed by atoms with van der Waals surface area (Å²) in [6, 6.07) is 82.2. The molecule has 3 nitrogen and oxygen atoms in total. The van der Waals surface area contributed by atoms with E-state index in [4.69, 9.17) is 14.4 Å². The summed E-state index contributed by atoms with van der Waals surface area (Å²) in [5, 5.41) is 2.21. The Bertz CT molecular complexity index is 3400. The Morgan fingerprint density at radius 1 is 0.323 bits per heavy atom. The van der Waals surface area contributed by atoms with E-state index < -0.39 is 5.41 Å². The van der Waals surface area contributed by atoms with Crippen LogP contribution >= 0.6 is 0 Å². The van der Waals surface area contributed by atoms with E-state index in [2.05, 4.69) is 200 Å². The first kappa shape index (κ1) is 35.8. The van der Waals surface area contributed by atoms with Crippen LogP contribution in [0.2, 0.25) is 0 Å². The van der Waals surface area contributed by atoms with E-state index in [0.717, 1.165) is 66.7 Å². The Labute approximate surface area is 360 Å². The Hall–Kier alpha value is -8.14. The van der Waals surface area contributed by atoms with Crippen molar-refractivity contribution < 1.29 is 4.42 Å². The molecular weight excluding hydrogens is 753 g/mol. The highest BCUT2D eigenvalue weighted by Crippen LogP contribution is 2.56. The van der Waals surface area contributed by atoms with Crippen LogP contribution in [0.5, 0.6) is 0 Å². The number of fused-ring (bicyclic) bond motifs is 6. The molecule has 12 rings (SSSR count). The number of furan rings is 1. The summed E-state index contributed by atoms with van der Waals surface area (Å²) >= 11 is 0. The van der Waals surface area contributed by atoms with Crippen LogP contribution in [0.4, 0.5) is 0 Å². The second kappa shape index (κ2) is 14.5. The molecule has 1 aliphatic rings. The number of benzene rings is 9. The van der Waals surface area contributed by atoms with Crippen LogP contribution in [0.25, 0.3) is 89.2 Å². The molecule has 0 bridgehead atoms. The molecule has 0 spiro atoms. The molecule has 2 heterocycles. The minimum Gasteiger partial charge on any atom is -0.455 e. The molecule has 0 unspecified atom stereocenters. The zero-order valence-electron chi connectivity index (χ0n) is 33.7. The van der Waals surface area contributed by atoms with Gasteiger partial charge in [-0.3, -0.25) is 0 Å². The number of para-hydroxylation sites is 2. The van der Waals surface area contributed by atoms with Crippen molar-refractivity contribution in [3.63, 3.8) is 0 Å². The molecule has 1 aliphatic carbocycles. The quantitative estimate of drug-likeness (QED) is 0.161. The summed E-state index contributed by atoms with van der Waals surface area (Å²) in [5.74, 6) is 0.676. The number of hydrogen-bond donors (Lipinski definition) is 0. The standard InChI is InChI=1S/C59H38N2O/c1-4-17-41(18-5-1)58-60-54(38-55(61-58)48-25-11-10-23-45(48)50-27-16-28-51-49-26-13-15-30-56(49)62-57(50)51)40-33-31-39(32-34-40)42-35-36-47-46-24-12-14-29-52(46)59(53(47)37-42,43-19-6-2-7-20-43)44-21-8-3-9-22-44/h1-38H. The Morgan fingerprint density at radius 2 is 0.871 bits per heavy atom. The lowest BCUT2D eigenvalue weighted by Gasteiger charge is -2.34. The molecule has 11 aromatic rings. The molecule has 0 atom stereocenters. The minimum atomic E-state index is -0.457. The van der Waals surface area contributed by atoms with Gasteiger partial charge in [0.15, 0.2) is 5.82 Å². The van der Waals surface area contributed by atoms with E-state index in [1.54, 1.807) is 0 Å². The molecule has 0 saturated carbocycles. The topological polar surface area (TPSA) is 38.9 Å². The monoisotopic (exact) mass is 790 g/mol. The summed E-state index contributed by atoms with van der Waals surface area (Å²) in [7, 11) is 0. The van der Waals surface area contributed by atoms with E-state index in [1.807, 2.05) is 30.3 Å². The van der Waals surface area contributed by atoms with Crippen molar-refractivity contribution in [1.29, 1.82) is 0 Å². The Kier molecular flexibility index (Phi) is 8.39. The van der Waals surface area contributed by atoms with Crippen molar-refractivity contribution in [3.8, 4) is 67.3 Å². The van der Waals surface area contributed by atoms with Crippen molar-refractivity contribution in [2.75, 3.05) is 0 Å². The van der Waals surface area contributed by atoms with Crippen LogP contribution in [0, 0.1) is 0 Å². The van der Waals surface area contributed by atoms with Gasteiger partial charge in [0.25, 0.3) is 0 Å². The van der Waals surface area contributed by atoms with Gasteiger partial charge >= 0.3 is 0 Å². The van der Waals surface area contributed by atoms with Gasteiger partial charge < -0.3 is 4.42 Å². The zero-order valence-corrected chi connectivity index (χ0v) is 33.7. The first-order valence-electron chi connectivity index (χ1n) is 21.1. The van der Waals surface area contributed by atoms with Gasteiger partial charge in [0.1, 0.15) is 11.2 Å². The third-order valence-corrected chi connectivity index (χ3v) is 12.6. The molecule has 3 heteroatoms. The fourth-order valence-corrected chi connectivity index (χ4v) is 9.81. The number of aromatic nitrogens is 2. The molecule has 0 fully saturated rings. The molecule has 62 heavy (non-hydrogen) atoms. The molecule has 0 amide bonds. The van der Waals surface area contributed by atoms with Crippen LogP contribution in [0.3, 0.4) is 0 Å². The maximum atomic E-state index is 6.53. The molecule has 0 saturated heterocycles. The number of hydrogen-bond acceptors (Lipinski definition) is 3. The predicted molar refractivity (Wildman–Crippen MR) is 254 cm³/mol. The van der Waals surface area contributed by atoms with Crippen LogP contribution in [0.1, 0.15) is 22.3 Å². The number of nitrogens with zero attached hydrogens (tertiary/aromatic N) is 2. The third kappa shape index (κ3) is 5.67. The van der Waals surface area contributed by atoms with Crippen molar-refractivity contribution in [3.05, 3.63) is 253 Å². The van der Waals surface area contributed by atoms with Crippen molar-refractivity contribution in [1.82, 2.24) is 9.97 Å². The van der Waals surface area contributed by atoms with Crippen LogP contribution in [0.15, 0.2) is 235 Å². The van der Waals surface area contributed by atoms with Gasteiger partial charge in [-0.2, -0.15) is 0 Å². The van der Waals surface area contributed by atoms with Gasteiger partial charge in [-0.1, -0.05) is 212 Å². The second-order valence-corrected chi connectivity index (χ2v) is 16.0. The average Bonchev–Trinajstić information content (AvgIpc) is 3.89. The van der Waals surface area contributed by atoms with E-state index in [-0.39, 0.29) is 0 Å². The Balaban J connectivity index is 0.981. The minimum absolute atomic E-state index is 0.457. The fraction of sp³-hybridized carbons (Fsp3) is 0.0169. The molecular formula is C59H38N2O. The summed E-state index contributed by atoms with van der Waals surface area (Å²) < 4.78 is 6.53. The van der Waals surface area contributed by atoms with Crippen molar-refractivity contribution in [2.45, 2.75) is 5.41 Å². The molecule has 290 valence electrons. The smallest absolute Gasteiger partial charge is 0.160 e. The highest BCUT2D eigenvalue weighted by molar-refractivity contribution is 6.10. The maximum Gasteiger partial charge on any atom is 0.160 e. The summed E-state index contributed by atoms with van der Waals surface area (Å²) in [5.41, 5.74) is 18.0. The van der Waals surface area contributed by atoms with Crippen molar-refractivity contribution in [2.24, 2.45) is 0 Å². The fourth-order valence-electron chi connectivity index (χ4n) is 9.81. The van der Waals surface area contributed by atoms with E-state index >= 15 is 0 Å². The van der Waals surface area contributed by atoms with E-state index in [1.165, 1.54) is 38.9 Å². The summed E-state index contributed by atoms with van der Waals surface area (Å²) in [6.45, 7) is 0. The maximum absolute atomic E-state index is 6.53. The van der Waals surface area contributed by atoms with Gasteiger partial charge in [-0.25, -0.2) is 9.97 Å². The molecule has 0 radical (unpaired) electrons. The van der Waals surface area contributed by atoms with E-state index in [0.29, 0.717) is 5.82 Å². The molecule has 9 aromatic carbocycles. The first-order valence-corrected chi connectivity index (χ1v) is 21.1. The Morgan fingerprint density at radius 3 is 1.63 bits per heavy atom. The van der Waals surface area contributed by atoms with Crippen LogP contribution in [-0.2, 0) is 5.41 Å². The van der Waals surface area contributed by atoms with Crippen LogP contribution in [-0.4, -0.2) is 9.97 Å². The number of rotatable bonds is 7. The van der Waals surface area contributed by atoms with Crippen molar-refractivity contribution >= 4 is 21.9 Å². The summed E-state index contributed by atoms with van der Waals surface area (Å²) in [4.78, 5) is 10.5. The SMILES string of the molecule is c1ccc(-c2nc(-c3ccc(-c4ccc5c(c4)C(c4ccccc4)(c4ccccc4)c4ccccc4-5)cc3)cc(-c3ccccc3-c3cccc4c3oc3ccccc34)n2)cc1. The van der Waals surface area contributed by atoms with Gasteiger partial charge in [-0.05, 0) is 68.3 Å². The normalized spacial score (nSPS) is 12.6. The lowest BCUT2D eigenvalue weighted by Crippen LogP contribution is -2.28. The highest BCUT2D eigenvalue weighted by atomic mass is 16.3. The summed E-state index contributed by atoms with van der Waals surface area (Å²) in [6.07, 6.45) is 0. The van der Waals surface area contributed by atoms with Gasteiger partial charge in [-0.15, -0.1) is 0 Å². The first-order chi connectivity index (χ1) is 30.7. The largest absolute Gasteiger partial charge is 0.455 e. The van der Waals surface area contributed by atoms with Crippen LogP contribution < -0.4 is 0 Å². The molecule has 0 aliphatic heterocycles. The zero-order chi connectivity index (χ0) is 41.0. The predicted octanol–water partition coefficient (Wildman–Crippen LogP) is 15.1. The third-order valence-electron chi connectivity index (χ3n) is 12.6.